The second-order valence-corrected chi connectivity index (χ2v) is 6.95. The first kappa shape index (κ1) is 15.9. The molecule has 118 valence electrons. The van der Waals surface area contributed by atoms with Gasteiger partial charge in [-0.2, -0.15) is 0 Å². The van der Waals surface area contributed by atoms with Crippen molar-refractivity contribution in [2.24, 2.45) is 5.92 Å². The van der Waals surface area contributed by atoms with Crippen LogP contribution in [-0.4, -0.2) is 11.8 Å². The summed E-state index contributed by atoms with van der Waals surface area (Å²) in [5.74, 6) is -0.500. The highest BCUT2D eigenvalue weighted by Gasteiger charge is 2.39. The SMILES string of the molecule is Cc1ccc(C[C@@H]2CC(=O)N(c3ccc(C)c(Br)c3)C2=O)cc1. The molecule has 0 aromatic heterocycles. The molecule has 2 amide bonds. The van der Waals surface area contributed by atoms with Crippen molar-refractivity contribution < 1.29 is 9.59 Å². The van der Waals surface area contributed by atoms with Gasteiger partial charge < -0.3 is 0 Å². The third-order valence-corrected chi connectivity index (χ3v) is 5.11. The minimum atomic E-state index is -0.273. The van der Waals surface area contributed by atoms with Crippen LogP contribution >= 0.6 is 15.9 Å². The van der Waals surface area contributed by atoms with Crippen LogP contribution in [-0.2, 0) is 16.0 Å². The van der Waals surface area contributed by atoms with Crippen LogP contribution in [0.3, 0.4) is 0 Å². The van der Waals surface area contributed by atoms with E-state index >= 15 is 0 Å². The summed E-state index contributed by atoms with van der Waals surface area (Å²) in [7, 11) is 0. The summed E-state index contributed by atoms with van der Waals surface area (Å²) in [5.41, 5.74) is 4.00. The first-order chi connectivity index (χ1) is 11.0. The molecule has 1 aliphatic heterocycles. The number of hydrogen-bond donors (Lipinski definition) is 0. The van der Waals surface area contributed by atoms with E-state index in [1.54, 1.807) is 0 Å². The number of imide groups is 1. The fourth-order valence-corrected chi connectivity index (χ4v) is 3.22. The number of aryl methyl sites for hydroxylation is 2. The lowest BCUT2D eigenvalue weighted by molar-refractivity contribution is -0.122. The number of nitrogens with zero attached hydrogens (tertiary/aromatic N) is 1. The average molecular weight is 372 g/mol. The topological polar surface area (TPSA) is 37.4 Å². The van der Waals surface area contributed by atoms with Crippen LogP contribution in [0.5, 0.6) is 0 Å². The largest absolute Gasteiger partial charge is 0.274 e. The highest BCUT2D eigenvalue weighted by molar-refractivity contribution is 9.10. The highest BCUT2D eigenvalue weighted by Crippen LogP contribution is 2.31. The number of anilines is 1. The third kappa shape index (κ3) is 3.22. The molecule has 0 saturated carbocycles. The number of hydrogen-bond acceptors (Lipinski definition) is 2. The van der Waals surface area contributed by atoms with Crippen LogP contribution in [0.15, 0.2) is 46.9 Å². The van der Waals surface area contributed by atoms with Gasteiger partial charge in [-0.05, 0) is 43.5 Å². The van der Waals surface area contributed by atoms with E-state index < -0.39 is 0 Å². The lowest BCUT2D eigenvalue weighted by atomic mass is 9.97. The normalized spacial score (nSPS) is 17.9. The van der Waals surface area contributed by atoms with Gasteiger partial charge in [-0.15, -0.1) is 0 Å². The van der Waals surface area contributed by atoms with Crippen LogP contribution in [0, 0.1) is 19.8 Å². The van der Waals surface area contributed by atoms with E-state index in [9.17, 15) is 9.59 Å². The van der Waals surface area contributed by atoms with Gasteiger partial charge in [-0.25, -0.2) is 0 Å². The molecule has 0 spiro atoms. The summed E-state index contributed by atoms with van der Waals surface area (Å²) >= 11 is 3.46. The molecule has 1 heterocycles. The number of carbonyl (C=O) groups is 2. The number of rotatable bonds is 3. The summed E-state index contributed by atoms with van der Waals surface area (Å²) in [5, 5.41) is 0. The van der Waals surface area contributed by atoms with E-state index in [2.05, 4.69) is 15.9 Å². The zero-order valence-corrected chi connectivity index (χ0v) is 14.8. The number of carbonyl (C=O) groups excluding carboxylic acids is 2. The molecule has 2 aromatic rings. The second kappa shape index (κ2) is 6.28. The Balaban J connectivity index is 1.82. The van der Waals surface area contributed by atoms with Gasteiger partial charge in [-0.3, -0.25) is 14.5 Å². The summed E-state index contributed by atoms with van der Waals surface area (Å²) in [6.45, 7) is 4.01. The summed E-state index contributed by atoms with van der Waals surface area (Å²) < 4.78 is 0.901. The van der Waals surface area contributed by atoms with Gasteiger partial charge in [0.15, 0.2) is 0 Å². The molecule has 1 fully saturated rings. The van der Waals surface area contributed by atoms with E-state index in [0.717, 1.165) is 15.6 Å². The summed E-state index contributed by atoms with van der Waals surface area (Å²) in [6.07, 6.45) is 0.882. The molecule has 1 aliphatic rings. The monoisotopic (exact) mass is 371 g/mol. The fraction of sp³-hybridized carbons (Fsp3) is 0.263. The van der Waals surface area contributed by atoms with Crippen molar-refractivity contribution in [2.75, 3.05) is 4.90 Å². The van der Waals surface area contributed by atoms with Gasteiger partial charge in [0.05, 0.1) is 11.6 Å². The van der Waals surface area contributed by atoms with Gasteiger partial charge >= 0.3 is 0 Å². The quantitative estimate of drug-likeness (QED) is 0.758. The Morgan fingerprint density at radius 1 is 1.09 bits per heavy atom. The second-order valence-electron chi connectivity index (χ2n) is 6.09. The maximum Gasteiger partial charge on any atom is 0.237 e. The van der Waals surface area contributed by atoms with Gasteiger partial charge in [0.1, 0.15) is 0 Å². The third-order valence-electron chi connectivity index (χ3n) is 4.26. The maximum absolute atomic E-state index is 12.7. The average Bonchev–Trinajstić information content (AvgIpc) is 2.79. The number of halogens is 1. The fourth-order valence-electron chi connectivity index (χ4n) is 2.86. The van der Waals surface area contributed by atoms with Crippen LogP contribution in [0.2, 0.25) is 0 Å². The smallest absolute Gasteiger partial charge is 0.237 e. The molecule has 2 aromatic carbocycles. The van der Waals surface area contributed by atoms with E-state index in [4.69, 9.17) is 0 Å². The number of benzene rings is 2. The zero-order chi connectivity index (χ0) is 16.6. The summed E-state index contributed by atoms with van der Waals surface area (Å²) in [6, 6.07) is 13.7. The van der Waals surface area contributed by atoms with Crippen LogP contribution < -0.4 is 4.90 Å². The van der Waals surface area contributed by atoms with Gasteiger partial charge in [-0.1, -0.05) is 51.8 Å². The van der Waals surface area contributed by atoms with E-state index in [1.807, 2.05) is 56.3 Å². The van der Waals surface area contributed by atoms with Crippen molar-refractivity contribution >= 4 is 33.4 Å². The first-order valence-corrected chi connectivity index (χ1v) is 8.43. The van der Waals surface area contributed by atoms with E-state index in [0.29, 0.717) is 12.1 Å². The lowest BCUT2D eigenvalue weighted by Crippen LogP contribution is -2.30. The van der Waals surface area contributed by atoms with Crippen LogP contribution in [0.1, 0.15) is 23.1 Å². The Bertz CT molecular complexity index is 767. The number of amides is 2. The predicted molar refractivity (Wildman–Crippen MR) is 94.4 cm³/mol. The minimum Gasteiger partial charge on any atom is -0.274 e. The van der Waals surface area contributed by atoms with Crippen molar-refractivity contribution in [2.45, 2.75) is 26.7 Å². The Labute approximate surface area is 144 Å². The summed E-state index contributed by atoms with van der Waals surface area (Å²) in [4.78, 5) is 26.3. The Hall–Kier alpha value is -1.94. The van der Waals surface area contributed by atoms with E-state index in [-0.39, 0.29) is 24.2 Å². The molecule has 4 heteroatoms. The van der Waals surface area contributed by atoms with Gasteiger partial charge in [0.2, 0.25) is 11.8 Å². The van der Waals surface area contributed by atoms with Crippen molar-refractivity contribution in [1.29, 1.82) is 0 Å². The van der Waals surface area contributed by atoms with Crippen LogP contribution in [0.25, 0.3) is 0 Å². The molecule has 0 N–H and O–H groups in total. The molecule has 23 heavy (non-hydrogen) atoms. The zero-order valence-electron chi connectivity index (χ0n) is 13.2. The van der Waals surface area contributed by atoms with Gasteiger partial charge in [0.25, 0.3) is 0 Å². The molecule has 0 aliphatic carbocycles. The molecule has 1 atom stereocenters. The molecule has 0 bridgehead atoms. The molecule has 0 radical (unpaired) electrons. The van der Waals surface area contributed by atoms with Crippen molar-refractivity contribution in [3.05, 3.63) is 63.6 Å². The Morgan fingerprint density at radius 2 is 1.78 bits per heavy atom. The predicted octanol–water partition coefficient (Wildman–Crippen LogP) is 4.19. The Morgan fingerprint density at radius 3 is 2.43 bits per heavy atom. The first-order valence-electron chi connectivity index (χ1n) is 7.64. The lowest BCUT2D eigenvalue weighted by Gasteiger charge is -2.16. The molecular formula is C19H18BrNO2. The molecule has 0 unspecified atom stereocenters. The molecule has 3 rings (SSSR count). The maximum atomic E-state index is 12.7. The Kier molecular flexibility index (Phi) is 4.35. The van der Waals surface area contributed by atoms with Crippen molar-refractivity contribution in [3.63, 3.8) is 0 Å². The minimum absolute atomic E-state index is 0.105. The van der Waals surface area contributed by atoms with Crippen molar-refractivity contribution in [3.8, 4) is 0 Å². The standard InChI is InChI=1S/C19H18BrNO2/c1-12-3-6-14(7-4-12)9-15-10-18(22)21(19(15)23)16-8-5-13(2)17(20)11-16/h3-8,11,15H,9-10H2,1-2H3/t15-/m1/s1. The van der Waals surface area contributed by atoms with Gasteiger partial charge in [0, 0.05) is 10.9 Å². The van der Waals surface area contributed by atoms with E-state index in [1.165, 1.54) is 10.5 Å². The molecule has 1 saturated heterocycles. The van der Waals surface area contributed by atoms with Crippen molar-refractivity contribution in [1.82, 2.24) is 0 Å². The molecular weight excluding hydrogens is 354 g/mol. The molecule has 3 nitrogen and oxygen atoms in total. The highest BCUT2D eigenvalue weighted by atomic mass is 79.9. The van der Waals surface area contributed by atoms with Crippen LogP contribution in [0.4, 0.5) is 5.69 Å².